The molecule has 6 nitrogen and oxygen atoms in total. The third-order valence-corrected chi connectivity index (χ3v) is 4.31. The van der Waals surface area contributed by atoms with Gasteiger partial charge in [0.2, 0.25) is 5.95 Å². The minimum absolute atomic E-state index is 0.531. The highest BCUT2D eigenvalue weighted by molar-refractivity contribution is 5.64. The molecule has 1 aliphatic heterocycles. The van der Waals surface area contributed by atoms with Gasteiger partial charge in [-0.15, -0.1) is 0 Å². The maximum absolute atomic E-state index is 5.64. The summed E-state index contributed by atoms with van der Waals surface area (Å²) in [4.78, 5) is 9.10. The van der Waals surface area contributed by atoms with Gasteiger partial charge in [-0.25, -0.2) is 4.98 Å². The molecule has 3 aromatic rings. The van der Waals surface area contributed by atoms with E-state index in [1.807, 2.05) is 43.3 Å². The van der Waals surface area contributed by atoms with E-state index in [4.69, 9.17) is 9.47 Å². The normalized spacial score (nSPS) is 12.5. The molecule has 2 aromatic carbocycles. The minimum Gasteiger partial charge on any atom is -0.486 e. The summed E-state index contributed by atoms with van der Waals surface area (Å²) in [5.74, 6) is 2.77. The Balaban J connectivity index is 1.57. The first-order chi connectivity index (χ1) is 13.2. The molecule has 1 aromatic heterocycles. The largest absolute Gasteiger partial charge is 0.486 e. The van der Waals surface area contributed by atoms with Crippen molar-refractivity contribution in [3.05, 3.63) is 59.8 Å². The van der Waals surface area contributed by atoms with E-state index in [0.717, 1.165) is 40.8 Å². The molecule has 2 N–H and O–H groups in total. The van der Waals surface area contributed by atoms with E-state index in [2.05, 4.69) is 39.7 Å². The zero-order chi connectivity index (χ0) is 18.6. The Morgan fingerprint density at radius 3 is 2.59 bits per heavy atom. The Morgan fingerprint density at radius 2 is 1.74 bits per heavy atom. The van der Waals surface area contributed by atoms with E-state index < -0.39 is 0 Å². The number of benzene rings is 2. The number of fused-ring (bicyclic) bond motifs is 1. The predicted octanol–water partition coefficient (Wildman–Crippen LogP) is 4.61. The first kappa shape index (κ1) is 17.1. The number of ether oxygens (including phenoxy) is 2. The van der Waals surface area contributed by atoms with Gasteiger partial charge in [0.05, 0.1) is 0 Å². The van der Waals surface area contributed by atoms with Crippen molar-refractivity contribution in [2.75, 3.05) is 23.8 Å². The van der Waals surface area contributed by atoms with Gasteiger partial charge in [-0.05, 0) is 37.1 Å². The number of para-hydroxylation sites is 1. The third-order valence-electron chi connectivity index (χ3n) is 4.31. The van der Waals surface area contributed by atoms with Gasteiger partial charge >= 0.3 is 0 Å². The van der Waals surface area contributed by atoms with Crippen molar-refractivity contribution < 1.29 is 9.47 Å². The van der Waals surface area contributed by atoms with Crippen LogP contribution < -0.4 is 20.1 Å². The maximum atomic E-state index is 5.64. The molecule has 0 saturated carbocycles. The van der Waals surface area contributed by atoms with Crippen LogP contribution in [-0.4, -0.2) is 23.2 Å². The Morgan fingerprint density at radius 1 is 0.926 bits per heavy atom. The highest BCUT2D eigenvalue weighted by atomic mass is 16.6. The molecule has 1 aliphatic rings. The summed E-state index contributed by atoms with van der Waals surface area (Å²) in [5, 5.41) is 6.66. The number of anilines is 4. The Bertz CT molecular complexity index is 959. The second-order valence-electron chi connectivity index (χ2n) is 6.34. The summed E-state index contributed by atoms with van der Waals surface area (Å²) >= 11 is 0. The molecular weight excluding hydrogens is 340 g/mol. The van der Waals surface area contributed by atoms with Crippen molar-refractivity contribution >= 4 is 23.1 Å². The van der Waals surface area contributed by atoms with E-state index in [1.165, 1.54) is 5.56 Å². The number of nitrogens with zero attached hydrogens (tertiary/aromatic N) is 2. The van der Waals surface area contributed by atoms with Crippen molar-refractivity contribution in [1.82, 2.24) is 9.97 Å². The lowest BCUT2D eigenvalue weighted by atomic mass is 10.1. The lowest BCUT2D eigenvalue weighted by Gasteiger charge is -2.19. The Hall–Kier alpha value is -3.28. The summed E-state index contributed by atoms with van der Waals surface area (Å²) in [5.41, 5.74) is 4.03. The fourth-order valence-electron chi connectivity index (χ4n) is 3.03. The highest BCUT2D eigenvalue weighted by Gasteiger charge is 2.12. The van der Waals surface area contributed by atoms with E-state index in [1.54, 1.807) is 0 Å². The van der Waals surface area contributed by atoms with Crippen LogP contribution in [0.5, 0.6) is 11.5 Å². The van der Waals surface area contributed by atoms with Gasteiger partial charge in [0, 0.05) is 29.2 Å². The minimum atomic E-state index is 0.531. The molecule has 0 atom stereocenters. The van der Waals surface area contributed by atoms with Crippen LogP contribution in [0.3, 0.4) is 0 Å². The highest BCUT2D eigenvalue weighted by Crippen LogP contribution is 2.33. The molecule has 0 radical (unpaired) electrons. The van der Waals surface area contributed by atoms with E-state index in [9.17, 15) is 0 Å². The fraction of sp³-hybridized carbons (Fsp3) is 0.238. The van der Waals surface area contributed by atoms with Gasteiger partial charge in [0.25, 0.3) is 0 Å². The van der Waals surface area contributed by atoms with Crippen molar-refractivity contribution in [1.29, 1.82) is 0 Å². The Labute approximate surface area is 158 Å². The van der Waals surface area contributed by atoms with Crippen LogP contribution in [0.15, 0.2) is 48.5 Å². The molecule has 0 aliphatic carbocycles. The van der Waals surface area contributed by atoms with Crippen molar-refractivity contribution in [3.63, 3.8) is 0 Å². The van der Waals surface area contributed by atoms with Crippen molar-refractivity contribution in [3.8, 4) is 11.5 Å². The summed E-state index contributed by atoms with van der Waals surface area (Å²) in [7, 11) is 0. The van der Waals surface area contributed by atoms with Crippen LogP contribution >= 0.6 is 0 Å². The summed E-state index contributed by atoms with van der Waals surface area (Å²) in [6.07, 6.45) is 0.954. The molecule has 0 amide bonds. The first-order valence-corrected chi connectivity index (χ1v) is 9.08. The molecule has 0 saturated heterocycles. The third kappa shape index (κ3) is 3.95. The molecular formula is C21H22N4O2. The van der Waals surface area contributed by atoms with Gasteiger partial charge in [0.15, 0.2) is 11.5 Å². The lowest BCUT2D eigenvalue weighted by Crippen LogP contribution is -2.15. The number of aryl methyl sites for hydroxylation is 2. The van der Waals surface area contributed by atoms with Gasteiger partial charge in [-0.3, -0.25) is 0 Å². The zero-order valence-corrected chi connectivity index (χ0v) is 15.5. The molecule has 27 heavy (non-hydrogen) atoms. The molecule has 0 fully saturated rings. The topological polar surface area (TPSA) is 68.3 Å². The predicted molar refractivity (Wildman–Crippen MR) is 107 cm³/mol. The van der Waals surface area contributed by atoms with Crippen LogP contribution in [0, 0.1) is 6.92 Å². The van der Waals surface area contributed by atoms with Crippen LogP contribution in [-0.2, 0) is 6.42 Å². The zero-order valence-electron chi connectivity index (χ0n) is 15.5. The van der Waals surface area contributed by atoms with Gasteiger partial charge < -0.3 is 20.1 Å². The summed E-state index contributed by atoms with van der Waals surface area (Å²) in [6, 6.07) is 15.9. The van der Waals surface area contributed by atoms with Gasteiger partial charge in [-0.2, -0.15) is 4.98 Å². The van der Waals surface area contributed by atoms with Crippen LogP contribution in [0.1, 0.15) is 18.2 Å². The monoisotopic (exact) mass is 362 g/mol. The first-order valence-electron chi connectivity index (χ1n) is 9.08. The molecule has 0 spiro atoms. The number of hydrogen-bond acceptors (Lipinski definition) is 6. The van der Waals surface area contributed by atoms with Gasteiger partial charge in [0.1, 0.15) is 19.0 Å². The Kier molecular flexibility index (Phi) is 4.78. The molecule has 6 heteroatoms. The van der Waals surface area contributed by atoms with Crippen LogP contribution in [0.2, 0.25) is 0 Å². The average molecular weight is 362 g/mol. The lowest BCUT2D eigenvalue weighted by molar-refractivity contribution is 0.171. The maximum Gasteiger partial charge on any atom is 0.229 e. The molecule has 4 rings (SSSR count). The average Bonchev–Trinajstić information content (AvgIpc) is 2.68. The second kappa shape index (κ2) is 7.53. The smallest absolute Gasteiger partial charge is 0.229 e. The SMILES string of the molecule is CCc1ccccc1Nc1cc(C)nc(Nc2ccc3c(c2)OCCO3)n1. The molecule has 2 heterocycles. The molecule has 0 unspecified atom stereocenters. The van der Waals surface area contributed by atoms with Crippen LogP contribution in [0.25, 0.3) is 0 Å². The number of rotatable bonds is 5. The van der Waals surface area contributed by atoms with E-state index in [0.29, 0.717) is 19.2 Å². The van der Waals surface area contributed by atoms with Crippen LogP contribution in [0.4, 0.5) is 23.1 Å². The van der Waals surface area contributed by atoms with Gasteiger partial charge in [-0.1, -0.05) is 25.1 Å². The summed E-state index contributed by atoms with van der Waals surface area (Å²) in [6.45, 7) is 5.23. The molecule has 138 valence electrons. The van der Waals surface area contributed by atoms with Crippen molar-refractivity contribution in [2.45, 2.75) is 20.3 Å². The standard InChI is InChI=1S/C21H22N4O2/c1-3-15-6-4-5-7-17(15)24-20-12-14(2)22-21(25-20)23-16-8-9-18-19(13-16)27-11-10-26-18/h4-9,12-13H,3,10-11H2,1-2H3,(H2,22,23,24,25). The van der Waals surface area contributed by atoms with Crippen molar-refractivity contribution in [2.24, 2.45) is 0 Å². The fourth-order valence-corrected chi connectivity index (χ4v) is 3.03. The molecule has 0 bridgehead atoms. The van der Waals surface area contributed by atoms with E-state index in [-0.39, 0.29) is 0 Å². The number of nitrogens with one attached hydrogen (secondary N) is 2. The quantitative estimate of drug-likeness (QED) is 0.691. The number of aromatic nitrogens is 2. The number of hydrogen-bond donors (Lipinski definition) is 2. The second-order valence-corrected chi connectivity index (χ2v) is 6.34. The van der Waals surface area contributed by atoms with E-state index >= 15 is 0 Å². The summed E-state index contributed by atoms with van der Waals surface area (Å²) < 4.78 is 11.2.